The van der Waals surface area contributed by atoms with Gasteiger partial charge in [-0.25, -0.2) is 0 Å². The number of likely N-dealkylation sites (tertiary alicyclic amines) is 1. The van der Waals surface area contributed by atoms with Crippen LogP contribution >= 0.6 is 0 Å². The second kappa shape index (κ2) is 4.89. The molecule has 0 aromatic heterocycles. The SMILES string of the molecule is Bc1ccc2c(c1)CN=C2C1CCN(CC)CC1. The van der Waals surface area contributed by atoms with Crippen LogP contribution in [0, 0.1) is 5.92 Å². The maximum atomic E-state index is 4.82. The van der Waals surface area contributed by atoms with Gasteiger partial charge >= 0.3 is 0 Å². The Hall–Kier alpha value is -1.09. The molecule has 0 spiro atoms. The fraction of sp³-hybridized carbons (Fsp3) is 0.533. The highest BCUT2D eigenvalue weighted by Crippen LogP contribution is 2.28. The summed E-state index contributed by atoms with van der Waals surface area (Å²) in [6.07, 6.45) is 2.56. The van der Waals surface area contributed by atoms with Crippen LogP contribution in [-0.4, -0.2) is 38.1 Å². The van der Waals surface area contributed by atoms with Crippen LogP contribution in [-0.2, 0) is 6.54 Å². The Morgan fingerprint density at radius 3 is 2.83 bits per heavy atom. The van der Waals surface area contributed by atoms with Gasteiger partial charge in [0.1, 0.15) is 7.85 Å². The molecule has 2 nitrogen and oxygen atoms in total. The first-order chi connectivity index (χ1) is 8.78. The van der Waals surface area contributed by atoms with Crippen molar-refractivity contribution in [3.05, 3.63) is 29.3 Å². The molecule has 0 aliphatic carbocycles. The van der Waals surface area contributed by atoms with Crippen LogP contribution in [0.2, 0.25) is 0 Å². The molecule has 94 valence electrons. The topological polar surface area (TPSA) is 15.6 Å². The Kier molecular flexibility index (Phi) is 3.25. The molecule has 1 saturated heterocycles. The summed E-state index contributed by atoms with van der Waals surface area (Å²) in [7, 11) is 2.16. The molecule has 0 saturated carbocycles. The van der Waals surface area contributed by atoms with Gasteiger partial charge in [0.2, 0.25) is 0 Å². The number of fused-ring (bicyclic) bond motifs is 1. The number of benzene rings is 1. The van der Waals surface area contributed by atoms with E-state index < -0.39 is 0 Å². The number of nitrogens with zero attached hydrogens (tertiary/aromatic N) is 2. The first-order valence-electron chi connectivity index (χ1n) is 7.14. The predicted octanol–water partition coefficient (Wildman–Crippen LogP) is 0.980. The second-order valence-electron chi connectivity index (χ2n) is 5.57. The maximum absolute atomic E-state index is 4.82. The highest BCUT2D eigenvalue weighted by Gasteiger charge is 2.27. The van der Waals surface area contributed by atoms with E-state index in [0.29, 0.717) is 5.92 Å². The normalized spacial score (nSPS) is 20.8. The van der Waals surface area contributed by atoms with Crippen molar-refractivity contribution in [1.29, 1.82) is 0 Å². The number of piperidine rings is 1. The molecule has 1 fully saturated rings. The van der Waals surface area contributed by atoms with Gasteiger partial charge in [-0.3, -0.25) is 4.99 Å². The molecule has 0 atom stereocenters. The maximum Gasteiger partial charge on any atom is 0.139 e. The second-order valence-corrected chi connectivity index (χ2v) is 5.57. The molecule has 0 bridgehead atoms. The summed E-state index contributed by atoms with van der Waals surface area (Å²) in [6, 6.07) is 6.80. The zero-order valence-corrected chi connectivity index (χ0v) is 11.4. The van der Waals surface area contributed by atoms with Crippen LogP contribution in [0.3, 0.4) is 0 Å². The van der Waals surface area contributed by atoms with E-state index >= 15 is 0 Å². The monoisotopic (exact) mass is 240 g/mol. The fourth-order valence-electron chi connectivity index (χ4n) is 3.23. The molecular formula is C15H21BN2. The van der Waals surface area contributed by atoms with Crippen LogP contribution in [0.1, 0.15) is 30.9 Å². The van der Waals surface area contributed by atoms with Crippen molar-refractivity contribution < 1.29 is 0 Å². The third kappa shape index (κ3) is 2.12. The lowest BCUT2D eigenvalue weighted by Crippen LogP contribution is -2.36. The van der Waals surface area contributed by atoms with Crippen LogP contribution < -0.4 is 5.46 Å². The summed E-state index contributed by atoms with van der Waals surface area (Å²) in [6.45, 7) is 6.82. The van der Waals surface area contributed by atoms with Crippen molar-refractivity contribution in [3.8, 4) is 0 Å². The zero-order valence-electron chi connectivity index (χ0n) is 11.4. The molecule has 2 heterocycles. The highest BCUT2D eigenvalue weighted by molar-refractivity contribution is 6.32. The first kappa shape index (κ1) is 12.0. The van der Waals surface area contributed by atoms with E-state index in [1.54, 1.807) is 0 Å². The lowest BCUT2D eigenvalue weighted by atomic mass is 9.85. The molecule has 18 heavy (non-hydrogen) atoms. The molecule has 1 aromatic rings. The first-order valence-corrected chi connectivity index (χ1v) is 7.14. The van der Waals surface area contributed by atoms with Crippen molar-refractivity contribution in [2.75, 3.05) is 19.6 Å². The van der Waals surface area contributed by atoms with Crippen LogP contribution in [0.4, 0.5) is 0 Å². The summed E-state index contributed by atoms with van der Waals surface area (Å²) in [5, 5.41) is 0. The van der Waals surface area contributed by atoms with E-state index in [9.17, 15) is 0 Å². The average molecular weight is 240 g/mol. The van der Waals surface area contributed by atoms with Gasteiger partial charge in [0.25, 0.3) is 0 Å². The molecule has 3 heteroatoms. The number of hydrogen-bond acceptors (Lipinski definition) is 2. The van der Waals surface area contributed by atoms with Gasteiger partial charge in [-0.05, 0) is 38.0 Å². The minimum atomic E-state index is 0.691. The molecular weight excluding hydrogens is 219 g/mol. The number of hydrogen-bond donors (Lipinski definition) is 0. The lowest BCUT2D eigenvalue weighted by Gasteiger charge is -2.31. The van der Waals surface area contributed by atoms with Crippen molar-refractivity contribution in [3.63, 3.8) is 0 Å². The summed E-state index contributed by atoms with van der Waals surface area (Å²) >= 11 is 0. The Morgan fingerprint density at radius 2 is 2.11 bits per heavy atom. The van der Waals surface area contributed by atoms with Crippen molar-refractivity contribution >= 4 is 19.0 Å². The van der Waals surface area contributed by atoms with E-state index in [1.807, 2.05) is 0 Å². The van der Waals surface area contributed by atoms with Gasteiger partial charge in [0.05, 0.1) is 6.54 Å². The number of aliphatic imine (C=N–C) groups is 1. The largest absolute Gasteiger partial charge is 0.304 e. The van der Waals surface area contributed by atoms with E-state index in [2.05, 4.69) is 37.9 Å². The molecule has 0 unspecified atom stereocenters. The van der Waals surface area contributed by atoms with Gasteiger partial charge < -0.3 is 4.90 Å². The Bertz CT molecular complexity index is 473. The number of rotatable bonds is 2. The van der Waals surface area contributed by atoms with Crippen molar-refractivity contribution in [2.24, 2.45) is 10.9 Å². The minimum Gasteiger partial charge on any atom is -0.304 e. The average Bonchev–Trinajstić information content (AvgIpc) is 2.81. The minimum absolute atomic E-state index is 0.691. The molecule has 3 rings (SSSR count). The van der Waals surface area contributed by atoms with Crippen LogP contribution in [0.15, 0.2) is 23.2 Å². The van der Waals surface area contributed by atoms with Crippen LogP contribution in [0.5, 0.6) is 0 Å². The van der Waals surface area contributed by atoms with E-state index in [1.165, 1.54) is 54.8 Å². The highest BCUT2D eigenvalue weighted by atomic mass is 15.1. The summed E-state index contributed by atoms with van der Waals surface area (Å²) in [4.78, 5) is 7.36. The fourth-order valence-corrected chi connectivity index (χ4v) is 3.23. The Balaban J connectivity index is 1.76. The Labute approximate surface area is 111 Å². The molecule has 1 aromatic carbocycles. The molecule has 0 amide bonds. The smallest absolute Gasteiger partial charge is 0.139 e. The van der Waals surface area contributed by atoms with Gasteiger partial charge in [0, 0.05) is 17.2 Å². The standard InChI is InChI=1S/C15H21BN2/c1-2-18-7-5-11(6-8-18)15-14-4-3-13(16)9-12(14)10-17-15/h3-4,9,11H,2,5-8,10,16H2,1H3. The van der Waals surface area contributed by atoms with E-state index in [0.717, 1.165) is 6.54 Å². The molecule has 0 N–H and O–H groups in total. The zero-order chi connectivity index (χ0) is 12.5. The van der Waals surface area contributed by atoms with Crippen LogP contribution in [0.25, 0.3) is 0 Å². The molecule has 0 radical (unpaired) electrons. The van der Waals surface area contributed by atoms with Crippen molar-refractivity contribution in [2.45, 2.75) is 26.3 Å². The van der Waals surface area contributed by atoms with Crippen molar-refractivity contribution in [1.82, 2.24) is 4.90 Å². The summed E-state index contributed by atoms with van der Waals surface area (Å²) in [5.41, 5.74) is 5.60. The molecule has 2 aliphatic rings. The van der Waals surface area contributed by atoms with Gasteiger partial charge in [-0.2, -0.15) is 0 Å². The summed E-state index contributed by atoms with van der Waals surface area (Å²) < 4.78 is 0. The molecule has 2 aliphatic heterocycles. The Morgan fingerprint density at radius 1 is 1.33 bits per heavy atom. The van der Waals surface area contributed by atoms with Gasteiger partial charge in [0.15, 0.2) is 0 Å². The quantitative estimate of drug-likeness (QED) is 0.703. The predicted molar refractivity (Wildman–Crippen MR) is 79.7 cm³/mol. The van der Waals surface area contributed by atoms with Gasteiger partial charge in [-0.1, -0.05) is 30.6 Å². The van der Waals surface area contributed by atoms with E-state index in [-0.39, 0.29) is 0 Å². The third-order valence-corrected chi connectivity index (χ3v) is 4.38. The lowest BCUT2D eigenvalue weighted by molar-refractivity contribution is 0.219. The van der Waals surface area contributed by atoms with Gasteiger partial charge in [-0.15, -0.1) is 0 Å². The third-order valence-electron chi connectivity index (χ3n) is 4.38. The summed E-state index contributed by atoms with van der Waals surface area (Å²) in [5.74, 6) is 0.691. The van der Waals surface area contributed by atoms with E-state index in [4.69, 9.17) is 4.99 Å².